The van der Waals surface area contributed by atoms with Crippen molar-refractivity contribution < 1.29 is 35.3 Å². The third-order valence-corrected chi connectivity index (χ3v) is 9.77. The number of rotatable bonds is 5. The lowest BCUT2D eigenvalue weighted by Gasteiger charge is -2.28. The zero-order valence-corrected chi connectivity index (χ0v) is 19.5. The minimum absolute atomic E-state index is 0. The maximum absolute atomic E-state index is 13.1. The number of aromatic hydroxyl groups is 1. The van der Waals surface area contributed by atoms with E-state index in [1.807, 2.05) is 54.6 Å². The molecule has 0 aliphatic rings. The lowest BCUT2D eigenvalue weighted by atomic mass is 10.1. The van der Waals surface area contributed by atoms with E-state index >= 15 is 0 Å². The van der Waals surface area contributed by atoms with Gasteiger partial charge in [0, 0.05) is 5.56 Å². The van der Waals surface area contributed by atoms with Crippen molar-refractivity contribution in [2.45, 2.75) is 12.3 Å². The monoisotopic (exact) mass is 516 g/mol. The normalized spacial score (nSPS) is 11.6. The summed E-state index contributed by atoms with van der Waals surface area (Å²) in [6.45, 7) is 0. The van der Waals surface area contributed by atoms with Crippen LogP contribution in [0.5, 0.6) is 5.75 Å². The molecule has 0 aliphatic carbocycles. The molecule has 0 aliphatic heterocycles. The van der Waals surface area contributed by atoms with Gasteiger partial charge in [-0.2, -0.15) is 13.2 Å². The average molecular weight is 517 g/mol. The topological polar surface area (TPSA) is 20.2 Å². The third-order valence-electron chi connectivity index (χ3n) is 5.41. The van der Waals surface area contributed by atoms with E-state index in [0.717, 1.165) is 28.0 Å². The Balaban J connectivity index is 0.00000289. The number of phenolic OH excluding ortho intramolecular Hbond substituents is 1. The van der Waals surface area contributed by atoms with E-state index in [2.05, 4.69) is 36.4 Å². The molecule has 0 aromatic heterocycles. The second-order valence-electron chi connectivity index (χ2n) is 7.32. The lowest BCUT2D eigenvalue weighted by molar-refractivity contribution is -0.137. The molecule has 0 saturated carbocycles. The van der Waals surface area contributed by atoms with Crippen LogP contribution in [-0.2, 0) is 12.3 Å². The van der Waals surface area contributed by atoms with Crippen LogP contribution >= 0.6 is 7.26 Å². The Kier molecular flexibility index (Phi) is 7.43. The standard InChI is InChI=1S/C26H20F3OP.BrH/c27-26(28,29)21-17-16-20(25(30)18-21)19-31(22-10-4-1-5-11-22,23-12-6-2-7-13-23)24-14-8-3-9-15-24;/h1-18H,19H2;1H. The fourth-order valence-corrected chi connectivity index (χ4v) is 8.16. The van der Waals surface area contributed by atoms with Crippen molar-refractivity contribution in [3.8, 4) is 5.75 Å². The number of hydrogen-bond acceptors (Lipinski definition) is 1. The Labute approximate surface area is 196 Å². The third kappa shape index (κ3) is 4.74. The molecule has 4 aromatic rings. The van der Waals surface area contributed by atoms with Crippen LogP contribution in [0.4, 0.5) is 13.2 Å². The van der Waals surface area contributed by atoms with Crippen LogP contribution in [0.2, 0.25) is 0 Å². The molecule has 0 unspecified atom stereocenters. The highest BCUT2D eigenvalue weighted by Crippen LogP contribution is 2.59. The van der Waals surface area contributed by atoms with E-state index in [9.17, 15) is 18.3 Å². The maximum atomic E-state index is 13.1. The molecule has 0 fully saturated rings. The smallest absolute Gasteiger partial charge is 0.416 e. The molecule has 0 bridgehead atoms. The zero-order valence-electron chi connectivity index (χ0n) is 17.0. The Morgan fingerprint density at radius 1 is 0.625 bits per heavy atom. The second-order valence-corrected chi connectivity index (χ2v) is 10.8. The van der Waals surface area contributed by atoms with E-state index in [1.54, 1.807) is 0 Å². The SMILES string of the molecule is Oc1cc(C(F)(F)F)ccc1C[P+](c1ccccc1)(c1ccccc1)c1ccccc1.[Br-]. The van der Waals surface area contributed by atoms with Crippen LogP contribution in [0.1, 0.15) is 11.1 Å². The van der Waals surface area contributed by atoms with E-state index in [1.165, 1.54) is 6.07 Å². The van der Waals surface area contributed by atoms with Crippen molar-refractivity contribution in [1.29, 1.82) is 0 Å². The maximum Gasteiger partial charge on any atom is 0.416 e. The predicted octanol–water partition coefficient (Wildman–Crippen LogP) is 2.91. The molecule has 0 atom stereocenters. The molecule has 1 N–H and O–H groups in total. The Morgan fingerprint density at radius 3 is 1.38 bits per heavy atom. The molecule has 0 amide bonds. The van der Waals surface area contributed by atoms with Gasteiger partial charge in [0.25, 0.3) is 0 Å². The largest absolute Gasteiger partial charge is 1.00 e. The predicted molar refractivity (Wildman–Crippen MR) is 122 cm³/mol. The zero-order chi connectivity index (χ0) is 21.9. The number of phenols is 1. The minimum atomic E-state index is -4.50. The van der Waals surface area contributed by atoms with E-state index in [0.29, 0.717) is 11.7 Å². The minimum Gasteiger partial charge on any atom is -1.00 e. The van der Waals surface area contributed by atoms with Crippen molar-refractivity contribution in [2.24, 2.45) is 0 Å². The average Bonchev–Trinajstić information content (AvgIpc) is 2.79. The molecule has 32 heavy (non-hydrogen) atoms. The van der Waals surface area contributed by atoms with Crippen molar-refractivity contribution in [1.82, 2.24) is 0 Å². The number of alkyl halides is 3. The number of benzene rings is 4. The molecule has 0 heterocycles. The quantitative estimate of drug-likeness (QED) is 0.404. The molecule has 4 aromatic carbocycles. The van der Waals surface area contributed by atoms with Crippen molar-refractivity contribution in [2.75, 3.05) is 0 Å². The van der Waals surface area contributed by atoms with E-state index in [-0.39, 0.29) is 22.7 Å². The fourth-order valence-electron chi connectivity index (χ4n) is 3.90. The summed E-state index contributed by atoms with van der Waals surface area (Å²) in [5.41, 5.74) is -0.352. The summed E-state index contributed by atoms with van der Waals surface area (Å²) in [6.07, 6.45) is -4.09. The summed E-state index contributed by atoms with van der Waals surface area (Å²) in [4.78, 5) is 0. The van der Waals surface area contributed by atoms with Gasteiger partial charge in [0.15, 0.2) is 0 Å². The summed E-state index contributed by atoms with van der Waals surface area (Å²) in [5.74, 6) is -0.331. The second kappa shape index (κ2) is 9.89. The summed E-state index contributed by atoms with van der Waals surface area (Å²) >= 11 is 0. The fraction of sp³-hybridized carbons (Fsp3) is 0.0769. The van der Waals surface area contributed by atoms with Gasteiger partial charge in [0.2, 0.25) is 0 Å². The van der Waals surface area contributed by atoms with Gasteiger partial charge in [-0.3, -0.25) is 0 Å². The number of hydrogen-bond donors (Lipinski definition) is 1. The van der Waals surface area contributed by atoms with Crippen LogP contribution in [0, 0.1) is 0 Å². The first-order valence-corrected chi connectivity index (χ1v) is 11.8. The van der Waals surface area contributed by atoms with Gasteiger partial charge >= 0.3 is 6.18 Å². The Bertz CT molecular complexity index is 1050. The van der Waals surface area contributed by atoms with Crippen LogP contribution in [0.3, 0.4) is 0 Å². The molecule has 4 rings (SSSR count). The first-order chi connectivity index (χ1) is 14.9. The summed E-state index contributed by atoms with van der Waals surface area (Å²) in [6, 6.07) is 33.4. The molecular formula is C26H21BrF3OP. The highest BCUT2D eigenvalue weighted by Gasteiger charge is 2.46. The number of halogens is 4. The van der Waals surface area contributed by atoms with Gasteiger partial charge in [0.05, 0.1) is 5.56 Å². The first-order valence-electron chi connectivity index (χ1n) is 9.85. The van der Waals surface area contributed by atoms with E-state index in [4.69, 9.17) is 0 Å². The molecule has 0 spiro atoms. The van der Waals surface area contributed by atoms with Crippen molar-refractivity contribution >= 4 is 23.2 Å². The van der Waals surface area contributed by atoms with Crippen LogP contribution in [0.25, 0.3) is 0 Å². The van der Waals surface area contributed by atoms with E-state index < -0.39 is 19.0 Å². The highest BCUT2D eigenvalue weighted by atomic mass is 79.9. The molecule has 1 nitrogen and oxygen atoms in total. The molecule has 164 valence electrons. The molecule has 6 heteroatoms. The summed E-state index contributed by atoms with van der Waals surface area (Å²) in [7, 11) is -2.30. The van der Waals surface area contributed by atoms with Gasteiger partial charge in [-0.1, -0.05) is 60.7 Å². The van der Waals surface area contributed by atoms with Gasteiger partial charge in [-0.25, -0.2) is 0 Å². The van der Waals surface area contributed by atoms with Gasteiger partial charge in [-0.15, -0.1) is 0 Å². The van der Waals surface area contributed by atoms with Crippen molar-refractivity contribution in [3.05, 3.63) is 120 Å². The lowest BCUT2D eigenvalue weighted by Crippen LogP contribution is -3.00. The van der Waals surface area contributed by atoms with Gasteiger partial charge in [-0.05, 0) is 48.5 Å². The first kappa shape index (κ1) is 24.0. The Hall–Kier alpha value is -2.62. The van der Waals surface area contributed by atoms with Crippen LogP contribution in [-0.4, -0.2) is 5.11 Å². The van der Waals surface area contributed by atoms with Crippen molar-refractivity contribution in [3.63, 3.8) is 0 Å². The van der Waals surface area contributed by atoms with Crippen LogP contribution < -0.4 is 32.9 Å². The molecular weight excluding hydrogens is 496 g/mol. The van der Waals surface area contributed by atoms with Gasteiger partial charge < -0.3 is 22.1 Å². The Morgan fingerprint density at radius 2 is 1.03 bits per heavy atom. The summed E-state index contributed by atoms with van der Waals surface area (Å²) in [5, 5.41) is 13.9. The molecule has 0 radical (unpaired) electrons. The summed E-state index contributed by atoms with van der Waals surface area (Å²) < 4.78 is 39.4. The van der Waals surface area contributed by atoms with Crippen LogP contribution in [0.15, 0.2) is 109 Å². The highest BCUT2D eigenvalue weighted by molar-refractivity contribution is 7.95. The molecule has 0 saturated heterocycles. The van der Waals surface area contributed by atoms with Gasteiger partial charge in [0.1, 0.15) is 35.1 Å².